The molecule has 0 aliphatic carbocycles. The van der Waals surface area contributed by atoms with Crippen molar-refractivity contribution in [3.63, 3.8) is 0 Å². The van der Waals surface area contributed by atoms with Crippen molar-refractivity contribution in [2.45, 2.75) is 25.7 Å². The molecule has 0 bridgehead atoms. The van der Waals surface area contributed by atoms with Gasteiger partial charge in [0.1, 0.15) is 0 Å². The van der Waals surface area contributed by atoms with Gasteiger partial charge < -0.3 is 4.74 Å². The lowest BCUT2D eigenvalue weighted by molar-refractivity contribution is 0.0721. The van der Waals surface area contributed by atoms with E-state index >= 15 is 0 Å². The zero-order valence-electron chi connectivity index (χ0n) is 9.02. The number of hydrogen-bond acceptors (Lipinski definition) is 3. The first-order valence-electron chi connectivity index (χ1n) is 5.74. The van der Waals surface area contributed by atoms with Gasteiger partial charge >= 0.3 is 0 Å². The van der Waals surface area contributed by atoms with Gasteiger partial charge in [-0.05, 0) is 31.6 Å². The van der Waals surface area contributed by atoms with Crippen LogP contribution in [0.15, 0.2) is 0 Å². The van der Waals surface area contributed by atoms with E-state index in [1.165, 1.54) is 0 Å². The summed E-state index contributed by atoms with van der Waals surface area (Å²) in [5.41, 5.74) is 0. The van der Waals surface area contributed by atoms with E-state index in [1.54, 1.807) is 4.31 Å². The number of hydrogen-bond donors (Lipinski definition) is 0. The monoisotopic (exact) mass is 233 g/mol. The number of rotatable bonds is 3. The Labute approximate surface area is 91.6 Å². The minimum atomic E-state index is -2.98. The van der Waals surface area contributed by atoms with Crippen LogP contribution in [0.25, 0.3) is 0 Å². The van der Waals surface area contributed by atoms with Crippen LogP contribution in [0, 0.1) is 5.92 Å². The van der Waals surface area contributed by atoms with Gasteiger partial charge in [-0.25, -0.2) is 12.7 Å². The van der Waals surface area contributed by atoms with E-state index in [0.29, 0.717) is 11.7 Å². The molecule has 0 saturated carbocycles. The molecular weight excluding hydrogens is 214 g/mol. The summed E-state index contributed by atoms with van der Waals surface area (Å²) in [6.45, 7) is 2.90. The largest absolute Gasteiger partial charge is 0.381 e. The second kappa shape index (κ2) is 4.80. The summed E-state index contributed by atoms with van der Waals surface area (Å²) in [6, 6.07) is 0. The molecular formula is C10H19NO3S. The third-order valence-corrected chi connectivity index (χ3v) is 5.29. The van der Waals surface area contributed by atoms with Gasteiger partial charge in [0.15, 0.2) is 0 Å². The Bertz CT molecular complexity index is 290. The Hall–Kier alpha value is -0.130. The van der Waals surface area contributed by atoms with Crippen LogP contribution in [0.1, 0.15) is 25.7 Å². The van der Waals surface area contributed by atoms with Crippen LogP contribution in [0.2, 0.25) is 0 Å². The minimum Gasteiger partial charge on any atom is -0.381 e. The maximum absolute atomic E-state index is 12.0. The molecule has 0 aromatic carbocycles. The zero-order valence-corrected chi connectivity index (χ0v) is 9.84. The van der Waals surface area contributed by atoms with Crippen molar-refractivity contribution >= 4 is 10.0 Å². The molecule has 88 valence electrons. The van der Waals surface area contributed by atoms with Gasteiger partial charge in [0.2, 0.25) is 10.0 Å². The van der Waals surface area contributed by atoms with Gasteiger partial charge in [0, 0.05) is 26.3 Å². The summed E-state index contributed by atoms with van der Waals surface area (Å²) >= 11 is 0. The third-order valence-electron chi connectivity index (χ3n) is 3.25. The molecule has 0 aromatic rings. The predicted molar refractivity (Wildman–Crippen MR) is 58.1 cm³/mol. The van der Waals surface area contributed by atoms with E-state index in [2.05, 4.69) is 0 Å². The summed E-state index contributed by atoms with van der Waals surface area (Å²) < 4.78 is 30.9. The molecule has 0 aromatic heterocycles. The molecule has 0 N–H and O–H groups in total. The topological polar surface area (TPSA) is 46.6 Å². The van der Waals surface area contributed by atoms with Crippen molar-refractivity contribution in [3.8, 4) is 0 Å². The Morgan fingerprint density at radius 1 is 1.13 bits per heavy atom. The number of nitrogens with zero attached hydrogens (tertiary/aromatic N) is 1. The lowest BCUT2D eigenvalue weighted by Gasteiger charge is -2.24. The molecule has 2 aliphatic heterocycles. The molecule has 2 fully saturated rings. The summed E-state index contributed by atoms with van der Waals surface area (Å²) in [4.78, 5) is 0. The van der Waals surface area contributed by atoms with Crippen LogP contribution in [0.4, 0.5) is 0 Å². The molecule has 4 nitrogen and oxygen atoms in total. The van der Waals surface area contributed by atoms with Crippen molar-refractivity contribution in [3.05, 3.63) is 0 Å². The van der Waals surface area contributed by atoms with Gasteiger partial charge in [0.25, 0.3) is 0 Å². The average Bonchev–Trinajstić information content (AvgIpc) is 2.71. The standard InChI is InChI=1S/C10H19NO3S/c12-15(13,11-5-1-2-6-11)9-10-3-7-14-8-4-10/h10H,1-9H2. The first kappa shape index (κ1) is 11.4. The lowest BCUT2D eigenvalue weighted by atomic mass is 10.0. The molecule has 0 unspecified atom stereocenters. The highest BCUT2D eigenvalue weighted by molar-refractivity contribution is 7.89. The normalized spacial score (nSPS) is 25.9. The Morgan fingerprint density at radius 2 is 1.73 bits per heavy atom. The van der Waals surface area contributed by atoms with Crippen molar-refractivity contribution in [2.24, 2.45) is 5.92 Å². The quantitative estimate of drug-likeness (QED) is 0.725. The summed E-state index contributed by atoms with van der Waals surface area (Å²) in [5.74, 6) is 0.639. The average molecular weight is 233 g/mol. The van der Waals surface area contributed by atoms with Crippen molar-refractivity contribution < 1.29 is 13.2 Å². The highest BCUT2D eigenvalue weighted by atomic mass is 32.2. The molecule has 2 saturated heterocycles. The summed E-state index contributed by atoms with van der Waals surface area (Å²) in [5, 5.41) is 0. The number of sulfonamides is 1. The van der Waals surface area contributed by atoms with Crippen LogP contribution in [0.3, 0.4) is 0 Å². The van der Waals surface area contributed by atoms with Gasteiger partial charge in [0.05, 0.1) is 5.75 Å². The van der Waals surface area contributed by atoms with Crippen LogP contribution >= 0.6 is 0 Å². The molecule has 2 heterocycles. The maximum Gasteiger partial charge on any atom is 0.214 e. The summed E-state index contributed by atoms with van der Waals surface area (Å²) in [7, 11) is -2.98. The van der Waals surface area contributed by atoms with Crippen molar-refractivity contribution in [1.29, 1.82) is 0 Å². The van der Waals surface area contributed by atoms with Gasteiger partial charge in [-0.15, -0.1) is 0 Å². The Morgan fingerprint density at radius 3 is 2.33 bits per heavy atom. The molecule has 2 aliphatic rings. The lowest BCUT2D eigenvalue weighted by Crippen LogP contribution is -2.34. The molecule has 0 amide bonds. The second-order valence-electron chi connectivity index (χ2n) is 4.44. The molecule has 15 heavy (non-hydrogen) atoms. The molecule has 2 rings (SSSR count). The SMILES string of the molecule is O=S(=O)(CC1CCOCC1)N1CCCC1. The van der Waals surface area contributed by atoms with Crippen LogP contribution in [-0.2, 0) is 14.8 Å². The molecule has 0 atom stereocenters. The highest BCUT2D eigenvalue weighted by Crippen LogP contribution is 2.21. The van der Waals surface area contributed by atoms with Crippen LogP contribution < -0.4 is 0 Å². The molecule has 0 radical (unpaired) electrons. The summed E-state index contributed by atoms with van der Waals surface area (Å²) in [6.07, 6.45) is 3.83. The second-order valence-corrected chi connectivity index (χ2v) is 6.45. The first-order valence-corrected chi connectivity index (χ1v) is 7.35. The van der Waals surface area contributed by atoms with E-state index in [1.807, 2.05) is 0 Å². The van der Waals surface area contributed by atoms with Gasteiger partial charge in [-0.2, -0.15) is 0 Å². The maximum atomic E-state index is 12.0. The van der Waals surface area contributed by atoms with Crippen LogP contribution in [0.5, 0.6) is 0 Å². The van der Waals surface area contributed by atoms with Crippen molar-refractivity contribution in [2.75, 3.05) is 32.1 Å². The zero-order chi connectivity index (χ0) is 10.7. The molecule has 0 spiro atoms. The van der Waals surface area contributed by atoms with Crippen LogP contribution in [-0.4, -0.2) is 44.8 Å². The van der Waals surface area contributed by atoms with E-state index in [9.17, 15) is 8.42 Å². The van der Waals surface area contributed by atoms with Crippen molar-refractivity contribution in [1.82, 2.24) is 4.31 Å². The highest BCUT2D eigenvalue weighted by Gasteiger charge is 2.29. The third kappa shape index (κ3) is 2.92. The fourth-order valence-corrected chi connectivity index (χ4v) is 4.24. The Kier molecular flexibility index (Phi) is 3.64. The number of ether oxygens (including phenoxy) is 1. The Balaban J connectivity index is 1.90. The minimum absolute atomic E-state index is 0.310. The molecule has 5 heteroatoms. The van der Waals surface area contributed by atoms with E-state index in [0.717, 1.165) is 52.0 Å². The van der Waals surface area contributed by atoms with Gasteiger partial charge in [-0.3, -0.25) is 0 Å². The smallest absolute Gasteiger partial charge is 0.214 e. The fraction of sp³-hybridized carbons (Fsp3) is 1.00. The van der Waals surface area contributed by atoms with E-state index < -0.39 is 10.0 Å². The predicted octanol–water partition coefficient (Wildman–Crippen LogP) is 0.839. The first-order chi connectivity index (χ1) is 7.18. The fourth-order valence-electron chi connectivity index (χ4n) is 2.28. The van der Waals surface area contributed by atoms with E-state index in [4.69, 9.17) is 4.74 Å². The van der Waals surface area contributed by atoms with Gasteiger partial charge in [-0.1, -0.05) is 0 Å². The van der Waals surface area contributed by atoms with E-state index in [-0.39, 0.29) is 0 Å².